The van der Waals surface area contributed by atoms with Crippen molar-refractivity contribution in [2.45, 2.75) is 50.6 Å². The molecular weight excluding hydrogens is 328 g/mol. The molecule has 0 aromatic heterocycles. The van der Waals surface area contributed by atoms with E-state index in [1.165, 1.54) is 50.8 Å². The number of rotatable bonds is 4. The Balaban J connectivity index is 1.70. The van der Waals surface area contributed by atoms with Crippen LogP contribution in [0.2, 0.25) is 0 Å². The van der Waals surface area contributed by atoms with Gasteiger partial charge < -0.3 is 15.4 Å². The number of ether oxygens (including phenoxy) is 1. The van der Waals surface area contributed by atoms with Crippen LogP contribution in [0.3, 0.4) is 0 Å². The van der Waals surface area contributed by atoms with Crippen molar-refractivity contribution in [3.63, 3.8) is 0 Å². The van der Waals surface area contributed by atoms with Crippen LogP contribution in [0, 0.1) is 5.92 Å². The molecule has 1 saturated carbocycles. The molecule has 0 radical (unpaired) electrons. The zero-order valence-corrected chi connectivity index (χ0v) is 14.3. The molecule has 3 nitrogen and oxygen atoms in total. The van der Waals surface area contributed by atoms with Gasteiger partial charge in [0.25, 0.3) is 0 Å². The molecule has 3 atom stereocenters. The van der Waals surface area contributed by atoms with Crippen LogP contribution in [-0.2, 0) is 0 Å². The predicted octanol–water partition coefficient (Wildman–Crippen LogP) is 4.18. The first-order valence-corrected chi connectivity index (χ1v) is 8.90. The average molecular weight is 353 g/mol. The molecule has 0 bridgehead atoms. The van der Waals surface area contributed by atoms with Crippen LogP contribution in [0.5, 0.6) is 5.75 Å². The number of hydrogen-bond acceptors (Lipinski definition) is 3. The zero-order valence-electron chi connectivity index (χ0n) is 12.7. The summed E-state index contributed by atoms with van der Waals surface area (Å²) in [5, 5.41) is 7.48. The number of benzene rings is 1. The molecule has 2 aliphatic rings. The van der Waals surface area contributed by atoms with Crippen molar-refractivity contribution in [1.82, 2.24) is 5.32 Å². The number of anilines is 1. The van der Waals surface area contributed by atoms with Gasteiger partial charge in [-0.3, -0.25) is 0 Å². The number of halogens is 1. The molecule has 0 amide bonds. The summed E-state index contributed by atoms with van der Waals surface area (Å²) in [5.74, 6) is 1.65. The van der Waals surface area contributed by atoms with E-state index < -0.39 is 0 Å². The second kappa shape index (κ2) is 7.01. The summed E-state index contributed by atoms with van der Waals surface area (Å²) in [5.41, 5.74) is 1.19. The summed E-state index contributed by atoms with van der Waals surface area (Å²) in [6, 6.07) is 7.58. The predicted molar refractivity (Wildman–Crippen MR) is 91.1 cm³/mol. The normalized spacial score (nSPS) is 29.3. The number of hydrogen-bond donors (Lipinski definition) is 2. The average Bonchev–Trinajstić information content (AvgIpc) is 3.02. The Morgan fingerprint density at radius 1 is 1.19 bits per heavy atom. The molecule has 3 rings (SSSR count). The van der Waals surface area contributed by atoms with E-state index >= 15 is 0 Å². The lowest BCUT2D eigenvalue weighted by Crippen LogP contribution is -2.43. The quantitative estimate of drug-likeness (QED) is 0.852. The SMILES string of the molecule is COc1ccc(NC2CCCCC2C2CCCN2)cc1Br. The Labute approximate surface area is 136 Å². The molecule has 1 saturated heterocycles. The Hall–Kier alpha value is -0.740. The van der Waals surface area contributed by atoms with Gasteiger partial charge in [-0.15, -0.1) is 0 Å². The maximum absolute atomic E-state index is 5.31. The third-order valence-corrected chi connectivity index (χ3v) is 5.56. The van der Waals surface area contributed by atoms with Crippen molar-refractivity contribution in [1.29, 1.82) is 0 Å². The van der Waals surface area contributed by atoms with Gasteiger partial charge in [0.1, 0.15) is 5.75 Å². The molecule has 3 unspecified atom stereocenters. The molecule has 1 aliphatic carbocycles. The van der Waals surface area contributed by atoms with E-state index in [2.05, 4.69) is 38.7 Å². The first kappa shape index (κ1) is 15.2. The van der Waals surface area contributed by atoms with Gasteiger partial charge in [-0.2, -0.15) is 0 Å². The Bertz CT molecular complexity index is 474. The van der Waals surface area contributed by atoms with Crippen LogP contribution in [0.1, 0.15) is 38.5 Å². The van der Waals surface area contributed by atoms with E-state index in [0.717, 1.165) is 16.1 Å². The smallest absolute Gasteiger partial charge is 0.133 e. The molecule has 1 aliphatic heterocycles. The molecule has 0 spiro atoms. The molecule has 2 fully saturated rings. The molecule has 116 valence electrons. The standard InChI is InChI=1S/C17H25BrN2O/c1-21-17-9-8-12(11-14(17)18)20-16-6-3-2-5-13(16)15-7-4-10-19-15/h8-9,11,13,15-16,19-20H,2-7,10H2,1H3. The third kappa shape index (κ3) is 3.54. The minimum Gasteiger partial charge on any atom is -0.496 e. The van der Waals surface area contributed by atoms with Crippen molar-refractivity contribution < 1.29 is 4.74 Å². The largest absolute Gasteiger partial charge is 0.496 e. The second-order valence-corrected chi connectivity index (χ2v) is 7.11. The number of methoxy groups -OCH3 is 1. The Morgan fingerprint density at radius 3 is 2.76 bits per heavy atom. The van der Waals surface area contributed by atoms with E-state index in [0.29, 0.717) is 12.1 Å². The van der Waals surface area contributed by atoms with Crippen molar-refractivity contribution in [3.8, 4) is 5.75 Å². The highest BCUT2D eigenvalue weighted by Crippen LogP contribution is 2.34. The monoisotopic (exact) mass is 352 g/mol. The van der Waals surface area contributed by atoms with Crippen LogP contribution in [0.4, 0.5) is 5.69 Å². The first-order chi connectivity index (χ1) is 10.3. The maximum Gasteiger partial charge on any atom is 0.133 e. The molecule has 1 aromatic carbocycles. The summed E-state index contributed by atoms with van der Waals surface area (Å²) in [4.78, 5) is 0. The van der Waals surface area contributed by atoms with Gasteiger partial charge in [0.2, 0.25) is 0 Å². The van der Waals surface area contributed by atoms with E-state index in [4.69, 9.17) is 4.74 Å². The van der Waals surface area contributed by atoms with Gasteiger partial charge in [-0.25, -0.2) is 0 Å². The first-order valence-electron chi connectivity index (χ1n) is 8.11. The lowest BCUT2D eigenvalue weighted by Gasteiger charge is -2.37. The number of nitrogens with one attached hydrogen (secondary N) is 2. The van der Waals surface area contributed by atoms with Crippen LogP contribution in [-0.4, -0.2) is 25.7 Å². The summed E-state index contributed by atoms with van der Waals surface area (Å²) >= 11 is 3.58. The molecular formula is C17H25BrN2O. The fraction of sp³-hybridized carbons (Fsp3) is 0.647. The van der Waals surface area contributed by atoms with Crippen LogP contribution < -0.4 is 15.4 Å². The van der Waals surface area contributed by atoms with Crippen molar-refractivity contribution in [2.24, 2.45) is 5.92 Å². The summed E-state index contributed by atoms with van der Waals surface area (Å²) in [6.45, 7) is 1.20. The van der Waals surface area contributed by atoms with Crippen LogP contribution in [0.25, 0.3) is 0 Å². The molecule has 1 aromatic rings. The van der Waals surface area contributed by atoms with E-state index in [1.54, 1.807) is 7.11 Å². The minimum atomic E-state index is 0.592. The molecule has 1 heterocycles. The minimum absolute atomic E-state index is 0.592. The van der Waals surface area contributed by atoms with Gasteiger partial charge in [0.05, 0.1) is 11.6 Å². The van der Waals surface area contributed by atoms with Gasteiger partial charge in [0, 0.05) is 17.8 Å². The zero-order chi connectivity index (χ0) is 14.7. The highest BCUT2D eigenvalue weighted by molar-refractivity contribution is 9.10. The van der Waals surface area contributed by atoms with Gasteiger partial charge in [-0.1, -0.05) is 12.8 Å². The molecule has 4 heteroatoms. The highest BCUT2D eigenvalue weighted by Gasteiger charge is 2.33. The third-order valence-electron chi connectivity index (χ3n) is 4.94. The van der Waals surface area contributed by atoms with E-state index in [1.807, 2.05) is 6.07 Å². The topological polar surface area (TPSA) is 33.3 Å². The van der Waals surface area contributed by atoms with E-state index in [9.17, 15) is 0 Å². The summed E-state index contributed by atoms with van der Waals surface area (Å²) in [7, 11) is 1.70. The fourth-order valence-electron chi connectivity index (χ4n) is 3.87. The van der Waals surface area contributed by atoms with Gasteiger partial charge in [-0.05, 0) is 72.3 Å². The van der Waals surface area contributed by atoms with E-state index in [-0.39, 0.29) is 0 Å². The lowest BCUT2D eigenvalue weighted by atomic mass is 9.79. The van der Waals surface area contributed by atoms with Gasteiger partial charge in [0.15, 0.2) is 0 Å². The van der Waals surface area contributed by atoms with Crippen molar-refractivity contribution in [3.05, 3.63) is 22.7 Å². The summed E-state index contributed by atoms with van der Waals surface area (Å²) in [6.07, 6.45) is 8.04. The summed E-state index contributed by atoms with van der Waals surface area (Å²) < 4.78 is 6.32. The van der Waals surface area contributed by atoms with Gasteiger partial charge >= 0.3 is 0 Å². The fourth-order valence-corrected chi connectivity index (χ4v) is 4.41. The molecule has 21 heavy (non-hydrogen) atoms. The van der Waals surface area contributed by atoms with Crippen molar-refractivity contribution in [2.75, 3.05) is 19.0 Å². The van der Waals surface area contributed by atoms with Crippen LogP contribution >= 0.6 is 15.9 Å². The molecule has 2 N–H and O–H groups in total. The second-order valence-electron chi connectivity index (χ2n) is 6.25. The maximum atomic E-state index is 5.31. The van der Waals surface area contributed by atoms with Crippen molar-refractivity contribution >= 4 is 21.6 Å². The lowest BCUT2D eigenvalue weighted by molar-refractivity contribution is 0.263. The van der Waals surface area contributed by atoms with Crippen LogP contribution in [0.15, 0.2) is 22.7 Å². The Morgan fingerprint density at radius 2 is 2.05 bits per heavy atom. The Kier molecular flexibility index (Phi) is 5.07. The highest BCUT2D eigenvalue weighted by atomic mass is 79.9.